The summed E-state index contributed by atoms with van der Waals surface area (Å²) >= 11 is 1.56. The molecule has 3 amide bonds. The van der Waals surface area contributed by atoms with E-state index in [1.807, 2.05) is 27.0 Å². The van der Waals surface area contributed by atoms with Crippen molar-refractivity contribution < 1.29 is 24.2 Å². The molecule has 1 aromatic rings. The van der Waals surface area contributed by atoms with Crippen molar-refractivity contribution in [3.63, 3.8) is 0 Å². The lowest BCUT2D eigenvalue weighted by atomic mass is 9.95. The van der Waals surface area contributed by atoms with Crippen LogP contribution in [0.1, 0.15) is 91.8 Å². The summed E-state index contributed by atoms with van der Waals surface area (Å²) in [4.78, 5) is 42.3. The van der Waals surface area contributed by atoms with Crippen LogP contribution in [0.4, 0.5) is 4.79 Å². The summed E-state index contributed by atoms with van der Waals surface area (Å²) < 4.78 is 5.45. The minimum Gasteiger partial charge on any atom is -0.507 e. The maximum Gasteiger partial charge on any atom is 0.408 e. The molecular weight excluding hydrogens is 502 g/mol. The summed E-state index contributed by atoms with van der Waals surface area (Å²) in [5.74, 6) is 0.235. The highest BCUT2D eigenvalue weighted by atomic mass is 32.2. The number of nitrogens with zero attached hydrogens (tertiary/aromatic N) is 1. The zero-order valence-corrected chi connectivity index (χ0v) is 25.7. The van der Waals surface area contributed by atoms with E-state index >= 15 is 0 Å². The lowest BCUT2D eigenvalue weighted by molar-refractivity contribution is -0.145. The number of para-hydroxylation sites is 1. The molecule has 3 atom stereocenters. The van der Waals surface area contributed by atoms with Crippen LogP contribution in [0.25, 0.3) is 0 Å². The molecule has 8 nitrogen and oxygen atoms in total. The number of benzene rings is 1. The first-order chi connectivity index (χ1) is 17.6. The molecule has 0 saturated carbocycles. The molecule has 3 N–H and O–H groups in total. The van der Waals surface area contributed by atoms with E-state index in [-0.39, 0.29) is 29.6 Å². The molecule has 0 aliphatic carbocycles. The van der Waals surface area contributed by atoms with Crippen molar-refractivity contribution >= 4 is 29.7 Å². The first kappa shape index (κ1) is 33.6. The van der Waals surface area contributed by atoms with Crippen molar-refractivity contribution in [1.82, 2.24) is 15.5 Å². The van der Waals surface area contributed by atoms with Crippen molar-refractivity contribution in [2.75, 3.05) is 12.0 Å². The number of hydrogen-bond donors (Lipinski definition) is 3. The second-order valence-electron chi connectivity index (χ2n) is 11.6. The summed E-state index contributed by atoms with van der Waals surface area (Å²) in [7, 11) is 0. The highest BCUT2D eigenvalue weighted by Gasteiger charge is 2.40. The minimum atomic E-state index is -1.08. The Morgan fingerprint density at radius 3 is 2.18 bits per heavy atom. The van der Waals surface area contributed by atoms with E-state index in [0.717, 1.165) is 6.42 Å². The normalized spacial score (nSPS) is 14.1. The van der Waals surface area contributed by atoms with E-state index < -0.39 is 23.8 Å². The monoisotopic (exact) mass is 551 g/mol. The number of ether oxygens (including phenoxy) is 1. The lowest BCUT2D eigenvalue weighted by Crippen LogP contribution is -2.56. The number of hydrogen-bond acceptors (Lipinski definition) is 6. The van der Waals surface area contributed by atoms with Gasteiger partial charge >= 0.3 is 6.09 Å². The van der Waals surface area contributed by atoms with E-state index in [0.29, 0.717) is 35.6 Å². The van der Waals surface area contributed by atoms with Crippen molar-refractivity contribution in [3.8, 4) is 5.75 Å². The third kappa shape index (κ3) is 10.8. The topological polar surface area (TPSA) is 108 Å². The van der Waals surface area contributed by atoms with E-state index in [1.54, 1.807) is 62.6 Å². The smallest absolute Gasteiger partial charge is 0.408 e. The molecule has 0 spiro atoms. The first-order valence-electron chi connectivity index (χ1n) is 13.5. The van der Waals surface area contributed by atoms with Gasteiger partial charge in [-0.3, -0.25) is 9.59 Å². The average Bonchev–Trinajstić information content (AvgIpc) is 2.78. The highest BCUT2D eigenvalue weighted by molar-refractivity contribution is 7.98. The van der Waals surface area contributed by atoms with Crippen LogP contribution in [-0.4, -0.2) is 63.6 Å². The SMILES string of the molecule is CSCCC(NC(=O)OC(C)(C)C)C(=O)N(C(C)CCC(C)C)C(C(=O)NC(C)C)c1cccc(C)c1O. The number of rotatable bonds is 13. The van der Waals surface area contributed by atoms with Crippen molar-refractivity contribution in [3.05, 3.63) is 29.3 Å². The number of amides is 3. The first-order valence-corrected chi connectivity index (χ1v) is 14.9. The number of aromatic hydroxyl groups is 1. The quantitative estimate of drug-likeness (QED) is 0.296. The minimum absolute atomic E-state index is 0.0222. The van der Waals surface area contributed by atoms with Crippen LogP contribution in [0.15, 0.2) is 18.2 Å². The van der Waals surface area contributed by atoms with Gasteiger partial charge in [-0.05, 0) is 91.2 Å². The molecule has 0 bridgehead atoms. The van der Waals surface area contributed by atoms with E-state index in [2.05, 4.69) is 24.5 Å². The molecule has 0 heterocycles. The molecule has 0 aliphatic rings. The second-order valence-corrected chi connectivity index (χ2v) is 12.6. The molecule has 0 saturated heterocycles. The number of alkyl carbamates (subject to hydrolysis) is 1. The van der Waals surface area contributed by atoms with Gasteiger partial charge in [0.05, 0.1) is 0 Å². The van der Waals surface area contributed by atoms with Gasteiger partial charge in [-0.1, -0.05) is 32.0 Å². The summed E-state index contributed by atoms with van der Waals surface area (Å²) in [5.41, 5.74) is 0.237. The number of nitrogens with one attached hydrogen (secondary N) is 2. The predicted octanol–water partition coefficient (Wildman–Crippen LogP) is 5.57. The number of thioether (sulfide) groups is 1. The summed E-state index contributed by atoms with van der Waals surface area (Å²) in [6.45, 7) is 16.9. The fourth-order valence-corrected chi connectivity index (χ4v) is 4.59. The Morgan fingerprint density at radius 2 is 1.66 bits per heavy atom. The Kier molecular flexibility index (Phi) is 13.5. The highest BCUT2D eigenvalue weighted by Crippen LogP contribution is 2.34. The van der Waals surface area contributed by atoms with Gasteiger partial charge in [0, 0.05) is 17.6 Å². The van der Waals surface area contributed by atoms with Gasteiger partial charge in [-0.25, -0.2) is 4.79 Å². The Morgan fingerprint density at radius 1 is 1.03 bits per heavy atom. The zero-order chi connectivity index (χ0) is 29.2. The van der Waals surface area contributed by atoms with Gasteiger partial charge in [0.2, 0.25) is 11.8 Å². The van der Waals surface area contributed by atoms with Crippen LogP contribution in [0.2, 0.25) is 0 Å². The fraction of sp³-hybridized carbons (Fsp3) is 0.690. The van der Waals surface area contributed by atoms with Crippen LogP contribution in [0.5, 0.6) is 5.75 Å². The summed E-state index contributed by atoms with van der Waals surface area (Å²) in [6.07, 6.45) is 3.11. The number of aryl methyl sites for hydroxylation is 1. The van der Waals surface area contributed by atoms with E-state index in [1.165, 1.54) is 0 Å². The number of carbonyl (C=O) groups is 3. The van der Waals surface area contributed by atoms with Crippen molar-refractivity contribution in [2.24, 2.45) is 5.92 Å². The fourth-order valence-electron chi connectivity index (χ4n) is 4.12. The molecule has 216 valence electrons. The van der Waals surface area contributed by atoms with Gasteiger partial charge in [-0.15, -0.1) is 0 Å². The van der Waals surface area contributed by atoms with Crippen molar-refractivity contribution in [1.29, 1.82) is 0 Å². The largest absolute Gasteiger partial charge is 0.507 e. The van der Waals surface area contributed by atoms with E-state index in [9.17, 15) is 19.5 Å². The number of phenolic OH excluding ortho intramolecular Hbond substituents is 1. The van der Waals surface area contributed by atoms with Crippen LogP contribution in [0, 0.1) is 12.8 Å². The Labute approximate surface area is 233 Å². The molecule has 38 heavy (non-hydrogen) atoms. The molecule has 0 aromatic heterocycles. The van der Waals surface area contributed by atoms with Gasteiger partial charge < -0.3 is 25.4 Å². The number of phenols is 1. The van der Waals surface area contributed by atoms with Crippen LogP contribution in [0.3, 0.4) is 0 Å². The van der Waals surface area contributed by atoms with Crippen LogP contribution < -0.4 is 10.6 Å². The molecule has 1 rings (SSSR count). The Bertz CT molecular complexity index is 929. The molecule has 0 fully saturated rings. The number of carbonyl (C=O) groups excluding carboxylic acids is 3. The maximum atomic E-state index is 14.3. The Hall–Kier alpha value is -2.42. The molecule has 1 aromatic carbocycles. The molecule has 0 aliphatic heterocycles. The Balaban J connectivity index is 3.67. The standard InChI is InChI=1S/C29H49N3O5S/c1-18(2)14-15-21(6)32(27(35)23(16-17-38-10)31-28(36)37-29(7,8)9)24(26(34)30-19(3)4)22-13-11-12-20(5)25(22)33/h11-13,18-19,21,23-24,33H,14-17H2,1-10H3,(H,30,34)(H,31,36). The van der Waals surface area contributed by atoms with Gasteiger partial charge in [0.1, 0.15) is 23.4 Å². The molecule has 0 radical (unpaired) electrons. The molecule has 9 heteroatoms. The second kappa shape index (κ2) is 15.2. The third-order valence-corrected chi connectivity index (χ3v) is 6.66. The van der Waals surface area contributed by atoms with Crippen LogP contribution in [-0.2, 0) is 14.3 Å². The van der Waals surface area contributed by atoms with E-state index in [4.69, 9.17) is 4.74 Å². The van der Waals surface area contributed by atoms with Gasteiger partial charge in [0.15, 0.2) is 0 Å². The molecular formula is C29H49N3O5S. The average molecular weight is 552 g/mol. The summed E-state index contributed by atoms with van der Waals surface area (Å²) in [6, 6.07) is 2.71. The van der Waals surface area contributed by atoms with Crippen LogP contribution >= 0.6 is 11.8 Å². The molecule has 3 unspecified atom stereocenters. The lowest BCUT2D eigenvalue weighted by Gasteiger charge is -2.39. The third-order valence-electron chi connectivity index (χ3n) is 6.01. The van der Waals surface area contributed by atoms with Gasteiger partial charge in [-0.2, -0.15) is 11.8 Å². The summed E-state index contributed by atoms with van der Waals surface area (Å²) in [5, 5.41) is 16.7. The zero-order valence-electron chi connectivity index (χ0n) is 24.9. The maximum absolute atomic E-state index is 14.3. The predicted molar refractivity (Wildman–Crippen MR) is 155 cm³/mol. The van der Waals surface area contributed by atoms with Gasteiger partial charge in [0.25, 0.3) is 0 Å². The van der Waals surface area contributed by atoms with Crippen molar-refractivity contribution in [2.45, 2.75) is 111 Å².